The Morgan fingerprint density at radius 1 is 1.79 bits per heavy atom. The normalized spacial score (nSPS) is 27.9. The molecule has 1 aliphatic rings. The minimum atomic E-state index is -0.930. The second kappa shape index (κ2) is 6.16. The largest absolute Gasteiger partial charge is 0.394 e. The molecule has 3 N–H and O–H groups in total. The molecular formula is C8H16ClFN2O2. The third kappa shape index (κ3) is 3.77. The summed E-state index contributed by atoms with van der Waals surface area (Å²) in [5.41, 5.74) is 0. The van der Waals surface area contributed by atoms with Gasteiger partial charge < -0.3 is 15.7 Å². The lowest BCUT2D eigenvalue weighted by Gasteiger charge is -2.14. The van der Waals surface area contributed by atoms with E-state index in [9.17, 15) is 9.18 Å². The van der Waals surface area contributed by atoms with Crippen LogP contribution in [0.5, 0.6) is 0 Å². The summed E-state index contributed by atoms with van der Waals surface area (Å²) in [7, 11) is 0. The van der Waals surface area contributed by atoms with Crippen molar-refractivity contribution in [1.82, 2.24) is 10.6 Å². The van der Waals surface area contributed by atoms with Gasteiger partial charge in [0, 0.05) is 19.0 Å². The molecule has 1 fully saturated rings. The molecule has 1 heterocycles. The van der Waals surface area contributed by atoms with Crippen LogP contribution >= 0.6 is 12.4 Å². The number of aliphatic hydroxyl groups is 1. The lowest BCUT2D eigenvalue weighted by Crippen LogP contribution is -2.45. The lowest BCUT2D eigenvalue weighted by molar-refractivity contribution is -0.123. The smallest absolute Gasteiger partial charge is 0.237 e. The molecule has 4 nitrogen and oxygen atoms in total. The number of amides is 1. The summed E-state index contributed by atoms with van der Waals surface area (Å²) in [6.07, 6.45) is -0.704. The average molecular weight is 227 g/mol. The highest BCUT2D eigenvalue weighted by Crippen LogP contribution is 2.09. The molecule has 0 bridgehead atoms. The first-order valence-corrected chi connectivity index (χ1v) is 4.42. The van der Waals surface area contributed by atoms with Crippen LogP contribution in [-0.2, 0) is 4.79 Å². The first-order chi connectivity index (χ1) is 6.13. The number of nitrogens with one attached hydrogen (secondary N) is 2. The maximum absolute atomic E-state index is 12.7. The van der Waals surface area contributed by atoms with Gasteiger partial charge in [0.25, 0.3) is 0 Å². The standard InChI is InChI=1S/C8H15FN2O2.ClH/c1-5(4-12)11-8(13)7-2-6(9)3-10-7;/h5-7,10,12H,2-4H2,1H3,(H,11,13);1H/t5?,6-,7+;/m0./s1. The van der Waals surface area contributed by atoms with Gasteiger partial charge in [-0.15, -0.1) is 12.4 Å². The highest BCUT2D eigenvalue weighted by Gasteiger charge is 2.29. The van der Waals surface area contributed by atoms with E-state index in [1.807, 2.05) is 0 Å². The minimum Gasteiger partial charge on any atom is -0.394 e. The van der Waals surface area contributed by atoms with Crippen LogP contribution in [0.15, 0.2) is 0 Å². The second-order valence-electron chi connectivity index (χ2n) is 3.39. The monoisotopic (exact) mass is 226 g/mol. The molecule has 1 aliphatic heterocycles. The van der Waals surface area contributed by atoms with Crippen LogP contribution < -0.4 is 10.6 Å². The molecule has 0 aromatic rings. The van der Waals surface area contributed by atoms with Crippen LogP contribution in [0.2, 0.25) is 0 Å². The number of alkyl halides is 1. The predicted octanol–water partition coefficient (Wildman–Crippen LogP) is -0.395. The molecule has 6 heteroatoms. The van der Waals surface area contributed by atoms with Crippen LogP contribution in [0.3, 0.4) is 0 Å². The number of rotatable bonds is 3. The van der Waals surface area contributed by atoms with Crippen LogP contribution in [0.1, 0.15) is 13.3 Å². The molecule has 1 rings (SSSR count). The van der Waals surface area contributed by atoms with Crippen molar-refractivity contribution in [2.45, 2.75) is 31.6 Å². The summed E-state index contributed by atoms with van der Waals surface area (Å²) >= 11 is 0. The molecule has 84 valence electrons. The van der Waals surface area contributed by atoms with Crippen LogP contribution in [0, 0.1) is 0 Å². The van der Waals surface area contributed by atoms with Crippen molar-refractivity contribution < 1.29 is 14.3 Å². The fraction of sp³-hybridized carbons (Fsp3) is 0.875. The van der Waals surface area contributed by atoms with E-state index in [2.05, 4.69) is 10.6 Å². The van der Waals surface area contributed by atoms with Crippen molar-refractivity contribution in [3.8, 4) is 0 Å². The summed E-state index contributed by atoms with van der Waals surface area (Å²) in [6.45, 7) is 1.84. The summed E-state index contributed by atoms with van der Waals surface area (Å²) in [5.74, 6) is -0.235. The third-order valence-corrected chi connectivity index (χ3v) is 2.06. The molecule has 1 unspecified atom stereocenters. The topological polar surface area (TPSA) is 61.4 Å². The van der Waals surface area contributed by atoms with Crippen molar-refractivity contribution in [2.24, 2.45) is 0 Å². The van der Waals surface area contributed by atoms with E-state index in [0.29, 0.717) is 0 Å². The Bertz CT molecular complexity index is 194. The number of carbonyl (C=O) groups is 1. The SMILES string of the molecule is CC(CO)NC(=O)[C@H]1C[C@H](F)CN1.Cl. The van der Waals surface area contributed by atoms with E-state index in [1.165, 1.54) is 0 Å². The first kappa shape index (κ1) is 13.6. The number of hydrogen-bond donors (Lipinski definition) is 3. The highest BCUT2D eigenvalue weighted by atomic mass is 35.5. The zero-order chi connectivity index (χ0) is 9.84. The van der Waals surface area contributed by atoms with Crippen molar-refractivity contribution in [3.05, 3.63) is 0 Å². The molecule has 0 aromatic heterocycles. The molecule has 0 aliphatic carbocycles. The maximum Gasteiger partial charge on any atom is 0.237 e. The fourth-order valence-electron chi connectivity index (χ4n) is 1.28. The predicted molar refractivity (Wildman–Crippen MR) is 53.2 cm³/mol. The van der Waals surface area contributed by atoms with Gasteiger partial charge in [0.05, 0.1) is 12.6 Å². The van der Waals surface area contributed by atoms with Gasteiger partial charge in [-0.05, 0) is 6.92 Å². The van der Waals surface area contributed by atoms with E-state index >= 15 is 0 Å². The Hall–Kier alpha value is -0.390. The van der Waals surface area contributed by atoms with Crippen LogP contribution in [-0.4, -0.2) is 42.4 Å². The zero-order valence-corrected chi connectivity index (χ0v) is 8.81. The van der Waals surface area contributed by atoms with E-state index in [1.54, 1.807) is 6.92 Å². The van der Waals surface area contributed by atoms with Crippen molar-refractivity contribution in [3.63, 3.8) is 0 Å². The maximum atomic E-state index is 12.7. The quantitative estimate of drug-likeness (QED) is 0.614. The summed E-state index contributed by atoms with van der Waals surface area (Å²) < 4.78 is 12.7. The minimum absolute atomic E-state index is 0. The summed E-state index contributed by atoms with van der Waals surface area (Å²) in [6, 6.07) is -0.711. The van der Waals surface area contributed by atoms with Gasteiger partial charge in [0.15, 0.2) is 0 Å². The second-order valence-corrected chi connectivity index (χ2v) is 3.39. The zero-order valence-electron chi connectivity index (χ0n) is 8.00. The van der Waals surface area contributed by atoms with Gasteiger partial charge in [-0.3, -0.25) is 4.79 Å². The molecule has 0 saturated carbocycles. The average Bonchev–Trinajstić information content (AvgIpc) is 2.51. The number of aliphatic hydroxyl groups excluding tert-OH is 1. The van der Waals surface area contributed by atoms with Crippen LogP contribution in [0.4, 0.5) is 4.39 Å². The molecule has 0 spiro atoms. The Morgan fingerprint density at radius 3 is 2.86 bits per heavy atom. The molecule has 0 radical (unpaired) electrons. The lowest BCUT2D eigenvalue weighted by atomic mass is 10.2. The van der Waals surface area contributed by atoms with Crippen molar-refractivity contribution >= 4 is 18.3 Å². The van der Waals surface area contributed by atoms with Crippen molar-refractivity contribution in [2.75, 3.05) is 13.2 Å². The third-order valence-electron chi connectivity index (χ3n) is 2.06. The van der Waals surface area contributed by atoms with Gasteiger partial charge in [-0.25, -0.2) is 4.39 Å². The molecule has 1 amide bonds. The van der Waals surface area contributed by atoms with E-state index in [-0.39, 0.29) is 43.9 Å². The molecular weight excluding hydrogens is 211 g/mol. The fourth-order valence-corrected chi connectivity index (χ4v) is 1.28. The van der Waals surface area contributed by atoms with E-state index < -0.39 is 12.2 Å². The first-order valence-electron chi connectivity index (χ1n) is 4.42. The van der Waals surface area contributed by atoms with E-state index in [0.717, 1.165) is 0 Å². The summed E-state index contributed by atoms with van der Waals surface area (Å²) in [5, 5.41) is 14.0. The summed E-state index contributed by atoms with van der Waals surface area (Å²) in [4.78, 5) is 11.3. The number of hydrogen-bond acceptors (Lipinski definition) is 3. The number of halogens is 2. The van der Waals surface area contributed by atoms with Gasteiger partial charge in [0.1, 0.15) is 6.17 Å². The Kier molecular flexibility index (Phi) is 5.99. The Labute approximate surface area is 88.7 Å². The molecule has 0 aromatic carbocycles. The molecule has 3 atom stereocenters. The van der Waals surface area contributed by atoms with Gasteiger partial charge in [0.2, 0.25) is 5.91 Å². The molecule has 14 heavy (non-hydrogen) atoms. The van der Waals surface area contributed by atoms with Crippen molar-refractivity contribution in [1.29, 1.82) is 0 Å². The van der Waals surface area contributed by atoms with Gasteiger partial charge in [-0.2, -0.15) is 0 Å². The highest BCUT2D eigenvalue weighted by molar-refractivity contribution is 5.85. The Balaban J connectivity index is 0.00000169. The Morgan fingerprint density at radius 2 is 2.43 bits per heavy atom. The number of carbonyl (C=O) groups excluding carboxylic acids is 1. The molecule has 1 saturated heterocycles. The van der Waals surface area contributed by atoms with E-state index in [4.69, 9.17) is 5.11 Å². The van der Waals surface area contributed by atoms with Gasteiger partial charge in [-0.1, -0.05) is 0 Å². The van der Waals surface area contributed by atoms with Crippen LogP contribution in [0.25, 0.3) is 0 Å². The van der Waals surface area contributed by atoms with Gasteiger partial charge >= 0.3 is 0 Å².